The van der Waals surface area contributed by atoms with Crippen LogP contribution < -0.4 is 5.32 Å². The SMILES string of the molecule is CC(C)Nc1nnc(SCc2nc(-c3cccs3)no2)s1. The van der Waals surface area contributed by atoms with Crippen LogP contribution >= 0.6 is 34.4 Å². The molecule has 0 aliphatic heterocycles. The molecule has 3 aromatic heterocycles. The summed E-state index contributed by atoms with van der Waals surface area (Å²) in [4.78, 5) is 5.38. The van der Waals surface area contributed by atoms with Crippen molar-refractivity contribution in [1.29, 1.82) is 0 Å². The molecule has 6 nitrogen and oxygen atoms in total. The summed E-state index contributed by atoms with van der Waals surface area (Å²) in [5, 5.41) is 18.2. The number of hydrogen-bond acceptors (Lipinski definition) is 9. The van der Waals surface area contributed by atoms with Crippen LogP contribution in [0, 0.1) is 0 Å². The van der Waals surface area contributed by atoms with E-state index in [1.165, 1.54) is 11.3 Å². The summed E-state index contributed by atoms with van der Waals surface area (Å²) in [6.07, 6.45) is 0. The van der Waals surface area contributed by atoms with Gasteiger partial charge in [0.05, 0.1) is 10.6 Å². The van der Waals surface area contributed by atoms with E-state index in [1.807, 2.05) is 17.5 Å². The lowest BCUT2D eigenvalue weighted by Crippen LogP contribution is -2.08. The van der Waals surface area contributed by atoms with Gasteiger partial charge in [0.2, 0.25) is 16.8 Å². The third-order valence-corrected chi connectivity index (χ3v) is 5.19. The Morgan fingerprint density at radius 3 is 3.05 bits per heavy atom. The fourth-order valence-electron chi connectivity index (χ4n) is 1.52. The third kappa shape index (κ3) is 3.80. The first kappa shape index (κ1) is 14.5. The average molecular weight is 339 g/mol. The molecular formula is C12H13N5OS3. The number of thioether (sulfide) groups is 1. The molecule has 0 aliphatic carbocycles. The van der Waals surface area contributed by atoms with Crippen molar-refractivity contribution >= 4 is 39.6 Å². The highest BCUT2D eigenvalue weighted by molar-refractivity contribution is 8.00. The van der Waals surface area contributed by atoms with Crippen LogP contribution in [0.15, 0.2) is 26.4 Å². The van der Waals surface area contributed by atoms with Gasteiger partial charge in [0.1, 0.15) is 0 Å². The summed E-state index contributed by atoms with van der Waals surface area (Å²) >= 11 is 4.66. The molecular weight excluding hydrogens is 326 g/mol. The molecule has 0 radical (unpaired) electrons. The van der Waals surface area contributed by atoms with Crippen LogP contribution in [0.25, 0.3) is 10.7 Å². The van der Waals surface area contributed by atoms with Crippen LogP contribution in [-0.2, 0) is 5.75 Å². The number of rotatable bonds is 6. The number of thiophene rings is 1. The normalized spacial score (nSPS) is 11.2. The van der Waals surface area contributed by atoms with Crippen LogP contribution in [-0.4, -0.2) is 26.4 Å². The fraction of sp³-hybridized carbons (Fsp3) is 0.333. The number of hydrogen-bond donors (Lipinski definition) is 1. The van der Waals surface area contributed by atoms with Crippen LogP contribution in [0.1, 0.15) is 19.7 Å². The Balaban J connectivity index is 1.59. The summed E-state index contributed by atoms with van der Waals surface area (Å²) in [6.45, 7) is 4.14. The van der Waals surface area contributed by atoms with Crippen molar-refractivity contribution in [2.24, 2.45) is 0 Å². The average Bonchev–Trinajstić information content (AvgIpc) is 3.17. The molecule has 0 fully saturated rings. The van der Waals surface area contributed by atoms with E-state index in [-0.39, 0.29) is 0 Å². The predicted molar refractivity (Wildman–Crippen MR) is 85.8 cm³/mol. The van der Waals surface area contributed by atoms with Crippen molar-refractivity contribution < 1.29 is 4.52 Å². The second-order valence-corrected chi connectivity index (χ2v) is 7.60. The van der Waals surface area contributed by atoms with Crippen LogP contribution in [0.3, 0.4) is 0 Å². The Morgan fingerprint density at radius 2 is 2.29 bits per heavy atom. The third-order valence-electron chi connectivity index (χ3n) is 2.35. The molecule has 0 saturated heterocycles. The van der Waals surface area contributed by atoms with Gasteiger partial charge in [-0.25, -0.2) is 0 Å². The molecule has 0 aromatic carbocycles. The van der Waals surface area contributed by atoms with Crippen molar-refractivity contribution in [2.75, 3.05) is 5.32 Å². The highest BCUT2D eigenvalue weighted by Gasteiger charge is 2.11. The number of nitrogens with one attached hydrogen (secondary N) is 1. The van der Waals surface area contributed by atoms with Crippen LogP contribution in [0.4, 0.5) is 5.13 Å². The van der Waals surface area contributed by atoms with Gasteiger partial charge in [0, 0.05) is 6.04 Å². The van der Waals surface area contributed by atoms with Gasteiger partial charge in [-0.2, -0.15) is 4.98 Å². The van der Waals surface area contributed by atoms with E-state index in [0.717, 1.165) is 14.3 Å². The summed E-state index contributed by atoms with van der Waals surface area (Å²) < 4.78 is 6.13. The van der Waals surface area contributed by atoms with E-state index in [4.69, 9.17) is 4.52 Å². The maximum absolute atomic E-state index is 5.25. The fourth-order valence-corrected chi connectivity index (χ4v) is 3.90. The van der Waals surface area contributed by atoms with Crippen LogP contribution in [0.5, 0.6) is 0 Å². The van der Waals surface area contributed by atoms with Gasteiger partial charge in [0.25, 0.3) is 0 Å². The largest absolute Gasteiger partial charge is 0.358 e. The lowest BCUT2D eigenvalue weighted by atomic mass is 10.4. The summed E-state index contributed by atoms with van der Waals surface area (Å²) in [6, 6.07) is 4.29. The Bertz CT molecular complexity index is 691. The Hall–Kier alpha value is -1.45. The van der Waals surface area contributed by atoms with Crippen molar-refractivity contribution in [3.8, 4) is 10.7 Å². The zero-order chi connectivity index (χ0) is 14.7. The molecule has 0 bridgehead atoms. The molecule has 0 atom stereocenters. The first-order valence-corrected chi connectivity index (χ1v) is 8.98. The molecule has 0 spiro atoms. The van der Waals surface area contributed by atoms with E-state index < -0.39 is 0 Å². The molecule has 9 heteroatoms. The standard InChI is InChI=1S/C12H13N5OS3/c1-7(2)13-11-15-16-12(21-11)20-6-9-14-10(17-18-9)8-4-3-5-19-8/h3-5,7H,6H2,1-2H3,(H,13,15). The Labute approximate surface area is 134 Å². The van der Waals surface area contributed by atoms with Crippen molar-refractivity contribution in [2.45, 2.75) is 30.0 Å². The summed E-state index contributed by atoms with van der Waals surface area (Å²) in [5.41, 5.74) is 0. The topological polar surface area (TPSA) is 76.7 Å². The van der Waals surface area contributed by atoms with Gasteiger partial charge in [-0.3, -0.25) is 0 Å². The molecule has 110 valence electrons. The van der Waals surface area contributed by atoms with E-state index in [1.54, 1.807) is 23.1 Å². The molecule has 3 aromatic rings. The Morgan fingerprint density at radius 1 is 1.38 bits per heavy atom. The molecule has 0 aliphatic rings. The second-order valence-electron chi connectivity index (χ2n) is 4.45. The zero-order valence-corrected chi connectivity index (χ0v) is 13.9. The minimum absolute atomic E-state index is 0.347. The second kappa shape index (κ2) is 6.54. The quantitative estimate of drug-likeness (QED) is 0.685. The van der Waals surface area contributed by atoms with Gasteiger partial charge in [0.15, 0.2) is 4.34 Å². The lowest BCUT2D eigenvalue weighted by Gasteiger charge is -2.02. The highest BCUT2D eigenvalue weighted by Crippen LogP contribution is 2.29. The number of nitrogens with zero attached hydrogens (tertiary/aromatic N) is 4. The molecule has 3 heterocycles. The van der Waals surface area contributed by atoms with Crippen LogP contribution in [0.2, 0.25) is 0 Å². The number of anilines is 1. The minimum Gasteiger partial charge on any atom is -0.358 e. The highest BCUT2D eigenvalue weighted by atomic mass is 32.2. The lowest BCUT2D eigenvalue weighted by molar-refractivity contribution is 0.392. The Kier molecular flexibility index (Phi) is 4.51. The van der Waals surface area contributed by atoms with Crippen molar-refractivity contribution in [3.63, 3.8) is 0 Å². The van der Waals surface area contributed by atoms with E-state index in [9.17, 15) is 0 Å². The van der Waals surface area contributed by atoms with Gasteiger partial charge in [-0.05, 0) is 25.3 Å². The molecule has 1 N–H and O–H groups in total. The summed E-state index contributed by atoms with van der Waals surface area (Å²) in [5.74, 6) is 1.83. The monoisotopic (exact) mass is 339 g/mol. The smallest absolute Gasteiger partial charge is 0.237 e. The molecule has 0 saturated carbocycles. The first-order chi connectivity index (χ1) is 10.2. The van der Waals surface area contributed by atoms with E-state index >= 15 is 0 Å². The van der Waals surface area contributed by atoms with Gasteiger partial charge in [-0.1, -0.05) is 34.3 Å². The molecule has 0 unspecified atom stereocenters. The molecule has 3 rings (SSSR count). The molecule has 21 heavy (non-hydrogen) atoms. The van der Waals surface area contributed by atoms with Crippen molar-refractivity contribution in [3.05, 3.63) is 23.4 Å². The molecule has 0 amide bonds. The first-order valence-electron chi connectivity index (χ1n) is 6.30. The van der Waals surface area contributed by atoms with Crippen molar-refractivity contribution in [1.82, 2.24) is 20.3 Å². The zero-order valence-electron chi connectivity index (χ0n) is 11.4. The van der Waals surface area contributed by atoms with E-state index in [2.05, 4.69) is 39.5 Å². The van der Waals surface area contributed by atoms with Gasteiger partial charge < -0.3 is 9.84 Å². The maximum Gasteiger partial charge on any atom is 0.237 e. The van der Waals surface area contributed by atoms with Gasteiger partial charge >= 0.3 is 0 Å². The summed E-state index contributed by atoms with van der Waals surface area (Å²) in [7, 11) is 0. The maximum atomic E-state index is 5.25. The van der Waals surface area contributed by atoms with Gasteiger partial charge in [-0.15, -0.1) is 21.5 Å². The number of aromatic nitrogens is 4. The minimum atomic E-state index is 0.347. The predicted octanol–water partition coefficient (Wildman–Crippen LogP) is 3.76. The van der Waals surface area contributed by atoms with E-state index in [0.29, 0.717) is 23.5 Å².